The zero-order valence-corrected chi connectivity index (χ0v) is 6.29. The molecule has 0 aromatic heterocycles. The first-order valence-electron chi connectivity index (χ1n) is 4.01. The summed E-state index contributed by atoms with van der Waals surface area (Å²) >= 11 is 0. The van der Waals surface area contributed by atoms with E-state index in [9.17, 15) is 4.79 Å². The lowest BCUT2D eigenvalue weighted by Crippen LogP contribution is -1.97. The second kappa shape index (κ2) is 2.32. The summed E-state index contributed by atoms with van der Waals surface area (Å²) in [6.07, 6.45) is 3.10. The predicted octanol–water partition coefficient (Wildman–Crippen LogP) is 1.21. The second-order valence-corrected chi connectivity index (χ2v) is 3.54. The van der Waals surface area contributed by atoms with Crippen LogP contribution in [0.25, 0.3) is 0 Å². The van der Waals surface area contributed by atoms with Gasteiger partial charge in [-0.05, 0) is 24.7 Å². The molecule has 2 saturated carbocycles. The van der Waals surface area contributed by atoms with Crippen molar-refractivity contribution in [3.05, 3.63) is 0 Å². The van der Waals surface area contributed by atoms with E-state index in [2.05, 4.69) is 5.16 Å². The maximum Gasteiger partial charge on any atom is 0.133 e. The Morgan fingerprint density at radius 3 is 2.18 bits per heavy atom. The molecule has 2 aliphatic carbocycles. The van der Waals surface area contributed by atoms with Gasteiger partial charge in [-0.15, -0.1) is 0 Å². The van der Waals surface area contributed by atoms with Gasteiger partial charge in [0.2, 0.25) is 0 Å². The fourth-order valence-corrected chi connectivity index (χ4v) is 2.25. The number of ketones is 1. The van der Waals surface area contributed by atoms with Crippen LogP contribution in [0.5, 0.6) is 0 Å². The Morgan fingerprint density at radius 2 is 1.73 bits per heavy atom. The number of oxime groups is 1. The largest absolute Gasteiger partial charge is 0.411 e. The Labute approximate surface area is 65.1 Å². The van der Waals surface area contributed by atoms with Crippen LogP contribution in [0.3, 0.4) is 0 Å². The summed E-state index contributed by atoms with van der Waals surface area (Å²) in [5.74, 6) is 1.37. The van der Waals surface area contributed by atoms with E-state index in [1.165, 1.54) is 0 Å². The van der Waals surface area contributed by atoms with Gasteiger partial charge in [-0.25, -0.2) is 0 Å². The van der Waals surface area contributed by atoms with E-state index in [0.717, 1.165) is 18.6 Å². The standard InChI is InChI=1S/C8H11NO2/c10-8-3-5-1-7(9-11)2-6(5)4-8/h5-6,11H,1-4H2. The molecule has 0 radical (unpaired) electrons. The number of carbonyl (C=O) groups excluding carboxylic acids is 1. The van der Waals surface area contributed by atoms with Crippen molar-refractivity contribution in [2.45, 2.75) is 25.7 Å². The molecule has 0 amide bonds. The molecule has 0 aromatic rings. The lowest BCUT2D eigenvalue weighted by Gasteiger charge is -2.02. The summed E-state index contributed by atoms with van der Waals surface area (Å²) in [7, 11) is 0. The van der Waals surface area contributed by atoms with Crippen LogP contribution in [0, 0.1) is 11.8 Å². The molecule has 2 rings (SSSR count). The maximum atomic E-state index is 10.9. The van der Waals surface area contributed by atoms with Crippen molar-refractivity contribution in [1.29, 1.82) is 0 Å². The first-order valence-corrected chi connectivity index (χ1v) is 4.01. The van der Waals surface area contributed by atoms with Crippen molar-refractivity contribution >= 4 is 11.5 Å². The zero-order valence-electron chi connectivity index (χ0n) is 6.29. The molecule has 0 heterocycles. The molecule has 3 nitrogen and oxygen atoms in total. The first-order chi connectivity index (χ1) is 5.29. The summed E-state index contributed by atoms with van der Waals surface area (Å²) < 4.78 is 0. The summed E-state index contributed by atoms with van der Waals surface area (Å²) in [6, 6.07) is 0. The van der Waals surface area contributed by atoms with Gasteiger partial charge in [0, 0.05) is 12.8 Å². The average molecular weight is 153 g/mol. The van der Waals surface area contributed by atoms with E-state index >= 15 is 0 Å². The zero-order chi connectivity index (χ0) is 7.84. The smallest absolute Gasteiger partial charge is 0.133 e. The van der Waals surface area contributed by atoms with Crippen LogP contribution in [-0.4, -0.2) is 16.7 Å². The molecule has 0 saturated heterocycles. The SMILES string of the molecule is O=C1CC2CC(=NO)CC2C1. The van der Waals surface area contributed by atoms with Crippen molar-refractivity contribution in [1.82, 2.24) is 0 Å². The highest BCUT2D eigenvalue weighted by atomic mass is 16.4. The highest BCUT2D eigenvalue weighted by molar-refractivity contribution is 5.91. The average Bonchev–Trinajstić information content (AvgIpc) is 2.43. The predicted molar refractivity (Wildman–Crippen MR) is 39.7 cm³/mol. The summed E-state index contributed by atoms with van der Waals surface area (Å²) in [4.78, 5) is 10.9. The third-order valence-electron chi connectivity index (χ3n) is 2.78. The van der Waals surface area contributed by atoms with Gasteiger partial charge in [-0.1, -0.05) is 5.16 Å². The lowest BCUT2D eigenvalue weighted by atomic mass is 10.0. The molecule has 60 valence electrons. The minimum atomic E-state index is 0.386. The van der Waals surface area contributed by atoms with E-state index in [0.29, 0.717) is 30.5 Å². The van der Waals surface area contributed by atoms with Gasteiger partial charge in [0.1, 0.15) is 5.78 Å². The number of carbonyl (C=O) groups is 1. The number of nitrogens with zero attached hydrogens (tertiary/aromatic N) is 1. The molecular weight excluding hydrogens is 142 g/mol. The molecule has 0 aliphatic heterocycles. The van der Waals surface area contributed by atoms with Crippen molar-refractivity contribution < 1.29 is 10.0 Å². The van der Waals surface area contributed by atoms with Gasteiger partial charge in [0.15, 0.2) is 0 Å². The number of hydrogen-bond donors (Lipinski definition) is 1. The molecular formula is C8H11NO2. The number of Topliss-reactive ketones (excluding diaryl/α,β-unsaturated/α-hetero) is 1. The fourth-order valence-electron chi connectivity index (χ4n) is 2.25. The van der Waals surface area contributed by atoms with E-state index < -0.39 is 0 Å². The number of rotatable bonds is 0. The Balaban J connectivity index is 2.09. The molecule has 2 fully saturated rings. The first kappa shape index (κ1) is 6.83. The van der Waals surface area contributed by atoms with Crippen LogP contribution >= 0.6 is 0 Å². The Morgan fingerprint density at radius 1 is 1.18 bits per heavy atom. The van der Waals surface area contributed by atoms with Crippen molar-refractivity contribution in [2.24, 2.45) is 17.0 Å². The third-order valence-corrected chi connectivity index (χ3v) is 2.78. The normalized spacial score (nSPS) is 36.0. The molecule has 11 heavy (non-hydrogen) atoms. The lowest BCUT2D eigenvalue weighted by molar-refractivity contribution is -0.117. The highest BCUT2D eigenvalue weighted by Gasteiger charge is 2.39. The quantitative estimate of drug-likeness (QED) is 0.420. The molecule has 0 aromatic carbocycles. The van der Waals surface area contributed by atoms with Crippen LogP contribution in [0.1, 0.15) is 25.7 Å². The Bertz CT molecular complexity index is 204. The van der Waals surface area contributed by atoms with Gasteiger partial charge < -0.3 is 5.21 Å². The highest BCUT2D eigenvalue weighted by Crippen LogP contribution is 2.40. The van der Waals surface area contributed by atoms with Gasteiger partial charge in [0.05, 0.1) is 5.71 Å². The Kier molecular flexibility index (Phi) is 1.44. The third kappa shape index (κ3) is 1.04. The maximum absolute atomic E-state index is 10.9. The van der Waals surface area contributed by atoms with E-state index in [-0.39, 0.29) is 0 Å². The summed E-state index contributed by atoms with van der Waals surface area (Å²) in [6.45, 7) is 0. The second-order valence-electron chi connectivity index (χ2n) is 3.54. The van der Waals surface area contributed by atoms with Crippen molar-refractivity contribution in [2.75, 3.05) is 0 Å². The van der Waals surface area contributed by atoms with E-state index in [4.69, 9.17) is 5.21 Å². The summed E-state index contributed by atoms with van der Waals surface area (Å²) in [5, 5.41) is 11.7. The minimum Gasteiger partial charge on any atom is -0.411 e. The Hall–Kier alpha value is -0.860. The van der Waals surface area contributed by atoms with E-state index in [1.807, 2.05) is 0 Å². The molecule has 2 atom stereocenters. The van der Waals surface area contributed by atoms with Crippen LogP contribution in [0.2, 0.25) is 0 Å². The number of fused-ring (bicyclic) bond motifs is 1. The summed E-state index contributed by atoms with van der Waals surface area (Å²) in [5.41, 5.74) is 0.882. The van der Waals surface area contributed by atoms with Gasteiger partial charge >= 0.3 is 0 Å². The van der Waals surface area contributed by atoms with Crippen molar-refractivity contribution in [3.63, 3.8) is 0 Å². The van der Waals surface area contributed by atoms with Gasteiger partial charge in [-0.3, -0.25) is 4.79 Å². The molecule has 2 aliphatic rings. The fraction of sp³-hybridized carbons (Fsp3) is 0.750. The number of hydrogen-bond acceptors (Lipinski definition) is 3. The van der Waals surface area contributed by atoms with Crippen LogP contribution in [-0.2, 0) is 4.79 Å². The van der Waals surface area contributed by atoms with Crippen LogP contribution in [0.15, 0.2) is 5.16 Å². The van der Waals surface area contributed by atoms with Crippen LogP contribution < -0.4 is 0 Å². The van der Waals surface area contributed by atoms with Crippen molar-refractivity contribution in [3.8, 4) is 0 Å². The van der Waals surface area contributed by atoms with Gasteiger partial charge in [0.25, 0.3) is 0 Å². The minimum absolute atomic E-state index is 0.386. The molecule has 1 N–H and O–H groups in total. The van der Waals surface area contributed by atoms with Crippen LogP contribution in [0.4, 0.5) is 0 Å². The molecule has 2 unspecified atom stereocenters. The monoisotopic (exact) mass is 153 g/mol. The topological polar surface area (TPSA) is 49.7 Å². The van der Waals surface area contributed by atoms with E-state index in [1.54, 1.807) is 0 Å². The molecule has 0 spiro atoms. The molecule has 3 heteroatoms. The molecule has 0 bridgehead atoms. The van der Waals surface area contributed by atoms with Gasteiger partial charge in [-0.2, -0.15) is 0 Å².